The number of ether oxygens (including phenoxy) is 5. The summed E-state index contributed by atoms with van der Waals surface area (Å²) in [4.78, 5) is 110. The molecule has 0 aliphatic carbocycles. The summed E-state index contributed by atoms with van der Waals surface area (Å²) in [5.74, 6) is -0.0330. The van der Waals surface area contributed by atoms with Gasteiger partial charge in [0.05, 0.1) is 57.8 Å². The van der Waals surface area contributed by atoms with Gasteiger partial charge in [0.25, 0.3) is 0 Å². The Balaban J connectivity index is 0.000000413. The molecular weight excluding hydrogens is 1510 g/mol. The predicted octanol–water partition coefficient (Wildman–Crippen LogP) is 14.8. The van der Waals surface area contributed by atoms with Crippen LogP contribution in [0.2, 0.25) is 0 Å². The Morgan fingerprint density at radius 2 is 0.686 bits per heavy atom. The van der Waals surface area contributed by atoms with E-state index in [0.717, 1.165) is 87.4 Å². The molecule has 102 heavy (non-hydrogen) atoms. The van der Waals surface area contributed by atoms with Crippen LogP contribution in [0, 0.1) is 27.7 Å². The minimum absolute atomic E-state index is 0.250. The lowest BCUT2D eigenvalue weighted by Crippen LogP contribution is -2.29. The van der Waals surface area contributed by atoms with Gasteiger partial charge in [0.1, 0.15) is 17.2 Å². The third-order valence-electron chi connectivity index (χ3n) is 14.0. The van der Waals surface area contributed by atoms with E-state index in [4.69, 9.17) is 72.5 Å². The normalized spacial score (nSPS) is 9.27. The maximum absolute atomic E-state index is 12.1. The van der Waals surface area contributed by atoms with Crippen LogP contribution < -0.4 is 19.7 Å². The summed E-state index contributed by atoms with van der Waals surface area (Å²) in [7, 11) is 6.27. The van der Waals surface area contributed by atoms with Crippen LogP contribution in [0.5, 0.6) is 17.2 Å². The van der Waals surface area contributed by atoms with E-state index in [2.05, 4.69) is 90.6 Å². The number of carbonyl (C=O) groups excluding carboxylic acids is 10. The van der Waals surface area contributed by atoms with Gasteiger partial charge in [-0.15, -0.1) is 0 Å². The highest BCUT2D eigenvalue weighted by Crippen LogP contribution is 2.33. The van der Waals surface area contributed by atoms with E-state index in [1.165, 1.54) is 29.8 Å². The van der Waals surface area contributed by atoms with Crippen molar-refractivity contribution in [2.45, 2.75) is 27.7 Å². The molecule has 0 saturated heterocycles. The summed E-state index contributed by atoms with van der Waals surface area (Å²) in [6.07, 6.45) is 1.00. The number of carboxylic acids is 2. The van der Waals surface area contributed by atoms with Gasteiger partial charge in [-0.1, -0.05) is 149 Å². The molecule has 21 nitrogen and oxygen atoms in total. The van der Waals surface area contributed by atoms with E-state index in [9.17, 15) is 24.3 Å². The number of benzene rings is 11. The first-order valence-electron chi connectivity index (χ1n) is 29.4. The molecule has 0 heterocycles. The Labute approximate surface area is 611 Å². The molecule has 4 N–H and O–H groups in total. The van der Waals surface area contributed by atoms with Gasteiger partial charge < -0.3 is 43.9 Å². The average molecular weight is 1580 g/mol. The number of aromatic carboxylic acids is 2. The average Bonchev–Trinajstić information content (AvgIpc) is 0.785. The largest absolute Gasteiger partial charge is 0.497 e. The maximum Gasteiger partial charge on any atom is 0.488 e. The van der Waals surface area contributed by atoms with Crippen molar-refractivity contribution >= 4 is 141 Å². The van der Waals surface area contributed by atoms with Crippen LogP contribution in [-0.4, -0.2) is 111 Å². The number of fused-ring (bicyclic) bond motifs is 3. The molecule has 0 spiro atoms. The summed E-state index contributed by atoms with van der Waals surface area (Å²) in [6.45, 7) is 8.12. The standard InChI is InChI=1S/C20H18O3.C18H14O3.C11H11BO3.C9H9BrO2.C8H9Br.C7H5BrO2.4CO2/c1-13-5-4-6-18(20(21)23-3)19(13)16-8-7-15-12-17(22-2)10-9-14(15)11-16;1-21-15-9-8-12-10-14(7-6-13(12)11-15)16-4-2-3-5-17(16)18(19)20;1-15-11-5-3-8-6-10(12(13)14)4-2-9(8)7-11;1-6-4-3-5-7(8(6)10)9(11)12-2;1-6-4-3-5-7(2)8(6)9;8-6-4-2-1-3-5(6)7(9)10;4*2-1-3/h4-12H,1-3H3;2-11H,1H3,(H,19,20);2-7,13-14H,1H3;3-5H,1-2H3;3-5H,1-2H3;1-4H,(H,9,10);;;;. The molecular formula is C77H66BBr3O21. The van der Waals surface area contributed by atoms with Gasteiger partial charge in [0.2, 0.25) is 0 Å². The van der Waals surface area contributed by atoms with Crippen LogP contribution in [0.25, 0.3) is 54.6 Å². The molecule has 0 fully saturated rings. The lowest BCUT2D eigenvalue weighted by molar-refractivity contribution is -0.193. The van der Waals surface area contributed by atoms with Crippen LogP contribution in [0.1, 0.15) is 63.7 Å². The van der Waals surface area contributed by atoms with E-state index < -0.39 is 19.1 Å². The Morgan fingerprint density at radius 1 is 0.353 bits per heavy atom. The summed E-state index contributed by atoms with van der Waals surface area (Å²) in [5, 5.41) is 42.1. The number of aryl methyl sites for hydroxylation is 4. The number of hydrogen-bond donors (Lipinski definition) is 4. The Morgan fingerprint density at radius 3 is 1.10 bits per heavy atom. The lowest BCUT2D eigenvalue weighted by atomic mass is 9.79. The molecule has 0 radical (unpaired) electrons. The Bertz CT molecular complexity index is 4700. The van der Waals surface area contributed by atoms with Crippen LogP contribution in [0.15, 0.2) is 226 Å². The van der Waals surface area contributed by atoms with E-state index in [-0.39, 0.29) is 36.5 Å². The van der Waals surface area contributed by atoms with Gasteiger partial charge in [0.15, 0.2) is 0 Å². The summed E-state index contributed by atoms with van der Waals surface area (Å²) < 4.78 is 27.7. The van der Waals surface area contributed by atoms with Crippen molar-refractivity contribution in [1.82, 2.24) is 0 Å². The third-order valence-corrected chi connectivity index (χ3v) is 17.0. The van der Waals surface area contributed by atoms with E-state index in [1.54, 1.807) is 82.0 Å². The van der Waals surface area contributed by atoms with Gasteiger partial charge in [-0.2, -0.15) is 38.4 Å². The highest BCUT2D eigenvalue weighted by molar-refractivity contribution is 9.11. The summed E-state index contributed by atoms with van der Waals surface area (Å²) in [5.41, 5.74) is 10.5. The van der Waals surface area contributed by atoms with Crippen molar-refractivity contribution in [1.29, 1.82) is 0 Å². The highest BCUT2D eigenvalue weighted by atomic mass is 79.9. The van der Waals surface area contributed by atoms with Crippen molar-refractivity contribution in [3.05, 3.63) is 270 Å². The van der Waals surface area contributed by atoms with Crippen LogP contribution in [0.3, 0.4) is 0 Å². The van der Waals surface area contributed by atoms with E-state index in [1.807, 2.05) is 141 Å². The maximum atomic E-state index is 12.1. The van der Waals surface area contributed by atoms with Gasteiger partial charge in [-0.3, -0.25) is 0 Å². The SMILES string of the molecule is COC(=O)c1cccc(C)c1-c1ccc2cc(OC)ccc2c1.COC(=O)c1cccc(C)c1Br.COc1ccc2cc(-c3ccccc3C(=O)O)ccc2c1.COc1ccc2cc(B(O)O)ccc2c1.Cc1cccc(C)c1Br.O=C(O)c1ccccc1Br.O=C=O.O=C=O.O=C=O.O=C=O. The molecule has 0 aromatic heterocycles. The van der Waals surface area contributed by atoms with Crippen molar-refractivity contribution in [2.24, 2.45) is 0 Å². The first kappa shape index (κ1) is 86.5. The number of methoxy groups -OCH3 is 5. The van der Waals surface area contributed by atoms with Crippen molar-refractivity contribution < 1.29 is 101 Å². The van der Waals surface area contributed by atoms with Crippen molar-refractivity contribution in [3.8, 4) is 39.5 Å². The second-order valence-electron chi connectivity index (χ2n) is 20.3. The molecule has 0 unspecified atom stereocenters. The fraction of sp³-hybridized carbons (Fsp3) is 0.117. The van der Waals surface area contributed by atoms with Crippen molar-refractivity contribution in [2.75, 3.05) is 35.5 Å². The van der Waals surface area contributed by atoms with Crippen LogP contribution in [0.4, 0.5) is 0 Å². The summed E-state index contributed by atoms with van der Waals surface area (Å²) in [6, 6.07) is 65.9. The minimum Gasteiger partial charge on any atom is -0.497 e. The second-order valence-corrected chi connectivity index (χ2v) is 22.7. The topological polar surface area (TPSA) is 332 Å². The lowest BCUT2D eigenvalue weighted by Gasteiger charge is -2.12. The Kier molecular flexibility index (Phi) is 39.6. The Hall–Kier alpha value is -11.6. The molecule has 0 aliphatic rings. The molecule has 11 aromatic carbocycles. The first-order chi connectivity index (χ1) is 48.8. The molecule has 11 rings (SSSR count). The van der Waals surface area contributed by atoms with Crippen LogP contribution in [-0.2, 0) is 47.8 Å². The molecule has 25 heteroatoms. The molecule has 0 saturated carbocycles. The van der Waals surface area contributed by atoms with Gasteiger partial charge in [0, 0.05) is 13.4 Å². The zero-order valence-corrected chi connectivity index (χ0v) is 60.9. The molecule has 0 atom stereocenters. The fourth-order valence-electron chi connectivity index (χ4n) is 9.15. The number of carboxylic acid groups (broad SMARTS) is 2. The van der Waals surface area contributed by atoms with Gasteiger partial charge >= 0.3 is 55.6 Å². The number of esters is 2. The second kappa shape index (κ2) is 46.7. The zero-order valence-electron chi connectivity index (χ0n) is 56.1. The zero-order chi connectivity index (χ0) is 76.4. The quantitative estimate of drug-likeness (QED) is 0.0730. The molecule has 0 amide bonds. The van der Waals surface area contributed by atoms with E-state index in [0.29, 0.717) is 32.2 Å². The summed E-state index contributed by atoms with van der Waals surface area (Å²) >= 11 is 9.92. The smallest absolute Gasteiger partial charge is 0.488 e. The first-order valence-corrected chi connectivity index (χ1v) is 31.8. The molecule has 0 bridgehead atoms. The predicted molar refractivity (Wildman–Crippen MR) is 390 cm³/mol. The number of halogens is 3. The van der Waals surface area contributed by atoms with Crippen molar-refractivity contribution in [3.63, 3.8) is 0 Å². The monoisotopic (exact) mass is 1570 g/mol. The molecule has 11 aromatic rings. The third kappa shape index (κ3) is 27.6. The molecule has 524 valence electrons. The number of rotatable bonds is 10. The minimum atomic E-state index is -1.42. The fourth-order valence-corrected chi connectivity index (χ4v) is 10.3. The van der Waals surface area contributed by atoms with E-state index >= 15 is 0 Å². The number of carbonyl (C=O) groups is 4. The van der Waals surface area contributed by atoms with Gasteiger partial charge in [-0.25, -0.2) is 19.2 Å². The number of hydrogen-bond acceptors (Lipinski definition) is 19. The molecule has 0 aliphatic heterocycles. The van der Waals surface area contributed by atoms with Gasteiger partial charge in [-0.05, 0) is 221 Å². The van der Waals surface area contributed by atoms with Crippen LogP contribution >= 0.6 is 47.8 Å². The highest BCUT2D eigenvalue weighted by Gasteiger charge is 2.17.